The number of hydrogen-bond donors (Lipinski definition) is 0. The fraction of sp³-hybridized carbons (Fsp3) is 0.273. The van der Waals surface area contributed by atoms with E-state index in [9.17, 15) is 0 Å². The van der Waals surface area contributed by atoms with Gasteiger partial charge in [0, 0.05) is 5.10 Å². The molecule has 0 fully saturated rings. The lowest BCUT2D eigenvalue weighted by Gasteiger charge is -1.95. The molecular weight excluding hydrogens is 174 g/mol. The Morgan fingerprint density at radius 2 is 2.07 bits per heavy atom. The van der Waals surface area contributed by atoms with Crippen LogP contribution in [0.2, 0.25) is 0 Å². The third-order valence-electron chi connectivity index (χ3n) is 2.16. The first-order valence-electron chi connectivity index (χ1n) is 4.84. The van der Waals surface area contributed by atoms with Crippen molar-refractivity contribution >= 4 is 0 Å². The van der Waals surface area contributed by atoms with Gasteiger partial charge >= 0.3 is 0 Å². The third kappa shape index (κ3) is 1.99. The standard InChI is InChI=1S/C11H14N3/c1-2-14-10-13(9-12-14)8-11-6-4-3-5-7-11/h3-7,9-10H,2,8H2,1H3/q+1. The minimum atomic E-state index is 0.890. The quantitative estimate of drug-likeness (QED) is 0.664. The number of aromatic nitrogens is 3. The highest BCUT2D eigenvalue weighted by Gasteiger charge is 2.03. The van der Waals surface area contributed by atoms with Gasteiger partial charge in [-0.25, -0.2) is 4.57 Å². The molecule has 0 unspecified atom stereocenters. The SMILES string of the molecule is CCn1c[n+](Cc2ccccc2)cn1. The Balaban J connectivity index is 2.11. The van der Waals surface area contributed by atoms with Crippen LogP contribution in [-0.4, -0.2) is 9.78 Å². The molecule has 2 rings (SSSR count). The maximum Gasteiger partial charge on any atom is 0.265 e. The summed E-state index contributed by atoms with van der Waals surface area (Å²) in [6.07, 6.45) is 3.88. The summed E-state index contributed by atoms with van der Waals surface area (Å²) in [5.41, 5.74) is 1.30. The normalized spacial score (nSPS) is 10.4. The molecule has 0 atom stereocenters. The number of nitrogens with zero attached hydrogens (tertiary/aromatic N) is 3. The summed E-state index contributed by atoms with van der Waals surface area (Å²) >= 11 is 0. The number of benzene rings is 1. The lowest BCUT2D eigenvalue weighted by Crippen LogP contribution is -2.31. The highest BCUT2D eigenvalue weighted by atomic mass is 15.3. The second-order valence-corrected chi connectivity index (χ2v) is 3.26. The molecule has 1 aromatic heterocycles. The minimum absolute atomic E-state index is 0.890. The van der Waals surface area contributed by atoms with Gasteiger partial charge in [0.2, 0.25) is 6.33 Å². The van der Waals surface area contributed by atoms with Crippen molar-refractivity contribution in [3.8, 4) is 0 Å². The Labute approximate surface area is 83.6 Å². The van der Waals surface area contributed by atoms with Crippen LogP contribution in [0.4, 0.5) is 0 Å². The van der Waals surface area contributed by atoms with Gasteiger partial charge in [-0.2, -0.15) is 0 Å². The zero-order valence-corrected chi connectivity index (χ0v) is 8.30. The maximum atomic E-state index is 4.21. The molecule has 0 bridgehead atoms. The van der Waals surface area contributed by atoms with E-state index in [4.69, 9.17) is 0 Å². The van der Waals surface area contributed by atoms with Crippen molar-refractivity contribution in [2.75, 3.05) is 0 Å². The average Bonchev–Trinajstić information content (AvgIpc) is 2.67. The fourth-order valence-corrected chi connectivity index (χ4v) is 1.40. The van der Waals surface area contributed by atoms with E-state index in [2.05, 4.69) is 40.9 Å². The maximum absolute atomic E-state index is 4.21. The molecule has 0 saturated heterocycles. The molecule has 1 heterocycles. The second kappa shape index (κ2) is 4.05. The molecule has 0 saturated carbocycles. The summed E-state index contributed by atoms with van der Waals surface area (Å²) in [6, 6.07) is 10.4. The molecule has 0 aliphatic heterocycles. The number of aryl methyl sites for hydroxylation is 1. The monoisotopic (exact) mass is 188 g/mol. The highest BCUT2D eigenvalue weighted by Crippen LogP contribution is 1.96. The molecule has 3 nitrogen and oxygen atoms in total. The van der Waals surface area contributed by atoms with Gasteiger partial charge in [-0.15, -0.1) is 4.68 Å². The predicted molar refractivity (Wildman–Crippen MR) is 53.6 cm³/mol. The molecule has 2 aromatic rings. The van der Waals surface area contributed by atoms with Crippen molar-refractivity contribution in [3.63, 3.8) is 0 Å². The van der Waals surface area contributed by atoms with E-state index in [0.717, 1.165) is 13.1 Å². The van der Waals surface area contributed by atoms with E-state index in [1.165, 1.54) is 5.56 Å². The first-order valence-corrected chi connectivity index (χ1v) is 4.84. The molecule has 0 spiro atoms. The Hall–Kier alpha value is -1.64. The smallest absolute Gasteiger partial charge is 0.233 e. The lowest BCUT2D eigenvalue weighted by atomic mass is 10.2. The molecule has 0 radical (unpaired) electrons. The molecule has 0 N–H and O–H groups in total. The van der Waals surface area contributed by atoms with E-state index in [-0.39, 0.29) is 0 Å². The van der Waals surface area contributed by atoms with Crippen LogP contribution in [0.3, 0.4) is 0 Å². The summed E-state index contributed by atoms with van der Waals surface area (Å²) in [5.74, 6) is 0. The van der Waals surface area contributed by atoms with Gasteiger partial charge in [0.25, 0.3) is 6.33 Å². The van der Waals surface area contributed by atoms with Gasteiger partial charge in [-0.3, -0.25) is 0 Å². The van der Waals surface area contributed by atoms with Crippen LogP contribution < -0.4 is 4.57 Å². The molecule has 3 heteroatoms. The second-order valence-electron chi connectivity index (χ2n) is 3.26. The van der Waals surface area contributed by atoms with Crippen LogP contribution in [-0.2, 0) is 13.1 Å². The minimum Gasteiger partial charge on any atom is -0.233 e. The summed E-state index contributed by atoms with van der Waals surface area (Å²) in [6.45, 7) is 3.89. The van der Waals surface area contributed by atoms with E-state index in [1.54, 1.807) is 0 Å². The first kappa shape index (κ1) is 8.94. The van der Waals surface area contributed by atoms with E-state index < -0.39 is 0 Å². The molecule has 0 amide bonds. The molecular formula is C11H14N3+. The van der Waals surface area contributed by atoms with Crippen molar-refractivity contribution in [1.29, 1.82) is 0 Å². The van der Waals surface area contributed by atoms with E-state index in [1.807, 2.05) is 23.4 Å². The van der Waals surface area contributed by atoms with Crippen LogP contribution >= 0.6 is 0 Å². The summed E-state index contributed by atoms with van der Waals surface area (Å²) < 4.78 is 4.00. The zero-order valence-electron chi connectivity index (χ0n) is 8.30. The van der Waals surface area contributed by atoms with Gasteiger partial charge in [0.05, 0.1) is 6.54 Å². The van der Waals surface area contributed by atoms with Gasteiger partial charge in [0.1, 0.15) is 6.54 Å². The van der Waals surface area contributed by atoms with Crippen LogP contribution in [0.1, 0.15) is 12.5 Å². The Kier molecular flexibility index (Phi) is 2.58. The topological polar surface area (TPSA) is 21.7 Å². The van der Waals surface area contributed by atoms with E-state index >= 15 is 0 Å². The van der Waals surface area contributed by atoms with Gasteiger partial charge < -0.3 is 0 Å². The fourth-order valence-electron chi connectivity index (χ4n) is 1.40. The highest BCUT2D eigenvalue weighted by molar-refractivity contribution is 5.13. The molecule has 1 aromatic carbocycles. The third-order valence-corrected chi connectivity index (χ3v) is 2.16. The summed E-state index contributed by atoms with van der Waals surface area (Å²) in [4.78, 5) is 0. The van der Waals surface area contributed by atoms with Gasteiger partial charge in [-0.05, 0) is 12.5 Å². The molecule has 14 heavy (non-hydrogen) atoms. The zero-order chi connectivity index (χ0) is 9.80. The number of hydrogen-bond acceptors (Lipinski definition) is 1. The average molecular weight is 188 g/mol. The summed E-state index contributed by atoms with van der Waals surface area (Å²) in [5, 5.41) is 4.21. The Morgan fingerprint density at radius 1 is 1.29 bits per heavy atom. The molecule has 0 aliphatic rings. The predicted octanol–water partition coefficient (Wildman–Crippen LogP) is 1.24. The molecule has 72 valence electrons. The van der Waals surface area contributed by atoms with Crippen molar-refractivity contribution in [3.05, 3.63) is 48.5 Å². The van der Waals surface area contributed by atoms with Gasteiger partial charge in [-0.1, -0.05) is 30.3 Å². The Bertz CT molecular complexity index is 392. The Morgan fingerprint density at radius 3 is 2.71 bits per heavy atom. The van der Waals surface area contributed by atoms with Crippen LogP contribution in [0, 0.1) is 0 Å². The van der Waals surface area contributed by atoms with E-state index in [0.29, 0.717) is 0 Å². The van der Waals surface area contributed by atoms with Crippen LogP contribution in [0.25, 0.3) is 0 Å². The number of rotatable bonds is 3. The van der Waals surface area contributed by atoms with Crippen molar-refractivity contribution in [1.82, 2.24) is 9.78 Å². The lowest BCUT2D eigenvalue weighted by molar-refractivity contribution is -0.689. The largest absolute Gasteiger partial charge is 0.265 e. The van der Waals surface area contributed by atoms with Crippen LogP contribution in [0.15, 0.2) is 43.0 Å². The van der Waals surface area contributed by atoms with Gasteiger partial charge in [0.15, 0.2) is 0 Å². The summed E-state index contributed by atoms with van der Waals surface area (Å²) in [7, 11) is 0. The molecule has 0 aliphatic carbocycles. The van der Waals surface area contributed by atoms with Crippen molar-refractivity contribution in [2.24, 2.45) is 0 Å². The first-order chi connectivity index (χ1) is 6.88. The van der Waals surface area contributed by atoms with Crippen molar-refractivity contribution < 1.29 is 4.57 Å². The van der Waals surface area contributed by atoms with Crippen molar-refractivity contribution in [2.45, 2.75) is 20.0 Å². The van der Waals surface area contributed by atoms with Crippen LogP contribution in [0.5, 0.6) is 0 Å².